The first-order chi connectivity index (χ1) is 9.98. The first-order valence-electron chi connectivity index (χ1n) is 7.15. The molecule has 0 radical (unpaired) electrons. The molecule has 3 N–H and O–H groups in total. The lowest BCUT2D eigenvalue weighted by molar-refractivity contribution is 0.199. The number of rotatable bonds is 5. The first-order valence-corrected chi connectivity index (χ1v) is 8.59. The standard InChI is InChI=1S/C14H21FN2O3S/c15-12-7-4-8-13(14(12)16)21(19,20)17(9-10-18)11-5-2-1-3-6-11/h4,7-8,11,18H,1-3,5-6,9-10,16H2. The second kappa shape index (κ2) is 6.72. The number of anilines is 1. The molecule has 1 aromatic rings. The minimum Gasteiger partial charge on any atom is -0.395 e. The molecule has 21 heavy (non-hydrogen) atoms. The van der Waals surface area contributed by atoms with Crippen molar-refractivity contribution in [3.8, 4) is 0 Å². The lowest BCUT2D eigenvalue weighted by atomic mass is 9.95. The third kappa shape index (κ3) is 3.36. The Balaban J connectivity index is 2.39. The van der Waals surface area contributed by atoms with Gasteiger partial charge in [-0.05, 0) is 25.0 Å². The molecule has 0 saturated heterocycles. The average Bonchev–Trinajstić information content (AvgIpc) is 2.48. The Hall–Kier alpha value is -1.18. The highest BCUT2D eigenvalue weighted by atomic mass is 32.2. The number of nitrogens with zero attached hydrogens (tertiary/aromatic N) is 1. The summed E-state index contributed by atoms with van der Waals surface area (Å²) < 4.78 is 40.3. The van der Waals surface area contributed by atoms with Crippen LogP contribution in [0.1, 0.15) is 32.1 Å². The number of sulfonamides is 1. The summed E-state index contributed by atoms with van der Waals surface area (Å²) in [6.45, 7) is -0.270. The summed E-state index contributed by atoms with van der Waals surface area (Å²) in [6.07, 6.45) is 4.52. The quantitative estimate of drug-likeness (QED) is 0.810. The van der Waals surface area contributed by atoms with Gasteiger partial charge in [0.1, 0.15) is 10.7 Å². The zero-order valence-electron chi connectivity index (χ0n) is 11.8. The van der Waals surface area contributed by atoms with Crippen molar-refractivity contribution in [1.29, 1.82) is 0 Å². The number of benzene rings is 1. The molecule has 0 aromatic heterocycles. The van der Waals surface area contributed by atoms with Crippen LogP contribution in [0.25, 0.3) is 0 Å². The zero-order valence-corrected chi connectivity index (χ0v) is 12.7. The van der Waals surface area contributed by atoms with Crippen LogP contribution in [0.4, 0.5) is 10.1 Å². The Kier molecular flexibility index (Phi) is 5.18. The fraction of sp³-hybridized carbons (Fsp3) is 0.571. The van der Waals surface area contributed by atoms with Crippen LogP contribution in [0.2, 0.25) is 0 Å². The van der Waals surface area contributed by atoms with Gasteiger partial charge in [-0.2, -0.15) is 4.31 Å². The number of hydrogen-bond acceptors (Lipinski definition) is 4. The van der Waals surface area contributed by atoms with E-state index in [0.717, 1.165) is 38.2 Å². The van der Waals surface area contributed by atoms with Gasteiger partial charge in [0.15, 0.2) is 0 Å². The molecule has 1 fully saturated rings. The molecule has 1 aliphatic carbocycles. The Labute approximate surface area is 124 Å². The number of para-hydroxylation sites is 1. The molecule has 1 aromatic carbocycles. The van der Waals surface area contributed by atoms with Gasteiger partial charge >= 0.3 is 0 Å². The third-order valence-electron chi connectivity index (χ3n) is 3.90. The maximum Gasteiger partial charge on any atom is 0.245 e. The van der Waals surface area contributed by atoms with Crippen molar-refractivity contribution in [1.82, 2.24) is 4.31 Å². The molecule has 0 atom stereocenters. The highest BCUT2D eigenvalue weighted by Crippen LogP contribution is 2.30. The van der Waals surface area contributed by atoms with E-state index in [9.17, 15) is 17.9 Å². The van der Waals surface area contributed by atoms with Crippen molar-refractivity contribution >= 4 is 15.7 Å². The van der Waals surface area contributed by atoms with E-state index in [1.165, 1.54) is 16.4 Å². The molecule has 5 nitrogen and oxygen atoms in total. The molecule has 118 valence electrons. The van der Waals surface area contributed by atoms with Gasteiger partial charge in [-0.1, -0.05) is 25.3 Å². The van der Waals surface area contributed by atoms with Crippen molar-refractivity contribution in [3.63, 3.8) is 0 Å². The molecule has 0 heterocycles. The van der Waals surface area contributed by atoms with Gasteiger partial charge in [0.05, 0.1) is 12.3 Å². The molecule has 1 aliphatic rings. The minimum absolute atomic E-state index is 0.00293. The van der Waals surface area contributed by atoms with Crippen molar-refractivity contribution in [3.05, 3.63) is 24.0 Å². The second-order valence-electron chi connectivity index (χ2n) is 5.28. The Morgan fingerprint density at radius 3 is 2.57 bits per heavy atom. The number of hydrogen-bond donors (Lipinski definition) is 2. The molecule has 1 saturated carbocycles. The summed E-state index contributed by atoms with van der Waals surface area (Å²) in [5.41, 5.74) is 5.22. The fourth-order valence-corrected chi connectivity index (χ4v) is 4.64. The lowest BCUT2D eigenvalue weighted by Crippen LogP contribution is -2.43. The summed E-state index contributed by atoms with van der Waals surface area (Å²) >= 11 is 0. The van der Waals surface area contributed by atoms with Gasteiger partial charge in [-0.3, -0.25) is 0 Å². The van der Waals surface area contributed by atoms with Crippen LogP contribution < -0.4 is 5.73 Å². The molecule has 0 spiro atoms. The highest BCUT2D eigenvalue weighted by Gasteiger charge is 2.33. The maximum absolute atomic E-state index is 13.5. The van der Waals surface area contributed by atoms with E-state index in [4.69, 9.17) is 5.73 Å². The minimum atomic E-state index is -3.91. The van der Waals surface area contributed by atoms with Crippen molar-refractivity contribution in [2.24, 2.45) is 0 Å². The molecule has 2 rings (SSSR count). The van der Waals surface area contributed by atoms with Crippen LogP contribution in [0.15, 0.2) is 23.1 Å². The lowest BCUT2D eigenvalue weighted by Gasteiger charge is -2.33. The second-order valence-corrected chi connectivity index (χ2v) is 7.14. The average molecular weight is 316 g/mol. The van der Waals surface area contributed by atoms with E-state index in [-0.39, 0.29) is 29.8 Å². The normalized spacial score (nSPS) is 17.3. The Morgan fingerprint density at radius 2 is 1.95 bits per heavy atom. The van der Waals surface area contributed by atoms with E-state index in [1.54, 1.807) is 0 Å². The predicted molar refractivity (Wildman–Crippen MR) is 78.7 cm³/mol. The molecule has 7 heteroatoms. The summed E-state index contributed by atoms with van der Waals surface area (Å²) in [6, 6.07) is 3.61. The van der Waals surface area contributed by atoms with E-state index < -0.39 is 15.8 Å². The maximum atomic E-state index is 13.5. The molecular weight excluding hydrogens is 295 g/mol. The number of nitrogen functional groups attached to an aromatic ring is 1. The van der Waals surface area contributed by atoms with Crippen LogP contribution >= 0.6 is 0 Å². The van der Waals surface area contributed by atoms with Crippen LogP contribution in [0.3, 0.4) is 0 Å². The predicted octanol–water partition coefficient (Wildman–Crippen LogP) is 1.72. The summed E-state index contributed by atoms with van der Waals surface area (Å²) in [7, 11) is -3.91. The van der Waals surface area contributed by atoms with Gasteiger partial charge in [-0.15, -0.1) is 0 Å². The number of aliphatic hydroxyl groups is 1. The largest absolute Gasteiger partial charge is 0.395 e. The number of aliphatic hydroxyl groups excluding tert-OH is 1. The number of nitrogens with two attached hydrogens (primary N) is 1. The van der Waals surface area contributed by atoms with E-state index in [2.05, 4.69) is 0 Å². The molecular formula is C14H21FN2O3S. The van der Waals surface area contributed by atoms with E-state index in [1.807, 2.05) is 0 Å². The molecule has 0 amide bonds. The zero-order chi connectivity index (χ0) is 15.5. The molecule has 0 aliphatic heterocycles. The van der Waals surface area contributed by atoms with Gasteiger partial charge in [0.2, 0.25) is 10.0 Å². The van der Waals surface area contributed by atoms with Crippen molar-refractivity contribution < 1.29 is 17.9 Å². The molecule has 0 bridgehead atoms. The van der Waals surface area contributed by atoms with Gasteiger partial charge in [0.25, 0.3) is 0 Å². The van der Waals surface area contributed by atoms with Gasteiger partial charge in [-0.25, -0.2) is 12.8 Å². The summed E-state index contributed by atoms with van der Waals surface area (Å²) in [4.78, 5) is -0.221. The van der Waals surface area contributed by atoms with Crippen molar-refractivity contribution in [2.45, 2.75) is 43.0 Å². The van der Waals surface area contributed by atoms with Gasteiger partial charge < -0.3 is 10.8 Å². The highest BCUT2D eigenvalue weighted by molar-refractivity contribution is 7.89. The van der Waals surface area contributed by atoms with Gasteiger partial charge in [0, 0.05) is 12.6 Å². The third-order valence-corrected chi connectivity index (χ3v) is 5.91. The summed E-state index contributed by atoms with van der Waals surface area (Å²) in [5.74, 6) is -0.747. The Morgan fingerprint density at radius 1 is 1.29 bits per heavy atom. The topological polar surface area (TPSA) is 83.6 Å². The van der Waals surface area contributed by atoms with Crippen molar-refractivity contribution in [2.75, 3.05) is 18.9 Å². The monoisotopic (exact) mass is 316 g/mol. The number of halogens is 1. The first kappa shape index (κ1) is 16.2. The molecule has 0 unspecified atom stereocenters. The van der Waals surface area contributed by atoms with Crippen LogP contribution in [-0.4, -0.2) is 37.0 Å². The fourth-order valence-electron chi connectivity index (χ4n) is 2.84. The van der Waals surface area contributed by atoms with E-state index in [0.29, 0.717) is 0 Å². The van der Waals surface area contributed by atoms with E-state index >= 15 is 0 Å². The summed E-state index contributed by atoms with van der Waals surface area (Å²) in [5, 5.41) is 9.19. The van der Waals surface area contributed by atoms with Crippen LogP contribution in [0, 0.1) is 5.82 Å². The van der Waals surface area contributed by atoms with Crippen LogP contribution in [-0.2, 0) is 10.0 Å². The SMILES string of the molecule is Nc1c(F)cccc1S(=O)(=O)N(CCO)C1CCCCC1. The smallest absolute Gasteiger partial charge is 0.245 e. The van der Waals surface area contributed by atoms with Crippen LogP contribution in [0.5, 0.6) is 0 Å². The Bertz CT molecular complexity index is 586.